The molecular weight excluding hydrogens is 417 g/mol. The van der Waals surface area contributed by atoms with E-state index in [0.29, 0.717) is 6.42 Å². The summed E-state index contributed by atoms with van der Waals surface area (Å²) < 4.78 is 6.29. The van der Waals surface area contributed by atoms with Gasteiger partial charge in [-0.15, -0.1) is 0 Å². The maximum Gasteiger partial charge on any atom is 0.313 e. The third-order valence-electron chi connectivity index (χ3n) is 3.70. The average molecular weight is 437 g/mol. The minimum absolute atomic E-state index is 0.284. The second-order valence-corrected chi connectivity index (χ2v) is 6.73. The maximum absolute atomic E-state index is 12.2. The van der Waals surface area contributed by atoms with Crippen LogP contribution in [0.1, 0.15) is 30.4 Å². The number of aryl methyl sites for hydroxylation is 1. The van der Waals surface area contributed by atoms with E-state index in [1.54, 1.807) is 0 Å². The number of rotatable bonds is 6. The summed E-state index contributed by atoms with van der Waals surface area (Å²) in [4.78, 5) is 24.3. The lowest BCUT2D eigenvalue weighted by molar-refractivity contribution is -0.149. The fourth-order valence-corrected chi connectivity index (χ4v) is 3.06. The predicted octanol–water partition coefficient (Wildman–Crippen LogP) is 4.28. The molecule has 0 aromatic heterocycles. The molecule has 0 saturated heterocycles. The van der Waals surface area contributed by atoms with E-state index in [1.807, 2.05) is 62.4 Å². The van der Waals surface area contributed by atoms with Crippen LogP contribution in [0.4, 0.5) is 5.69 Å². The van der Waals surface area contributed by atoms with E-state index in [4.69, 9.17) is 4.74 Å². The summed E-state index contributed by atoms with van der Waals surface area (Å²) in [5.74, 6) is -1.06. The summed E-state index contributed by atoms with van der Waals surface area (Å²) in [6.45, 7) is 3.56. The third kappa shape index (κ3) is 5.06. The van der Waals surface area contributed by atoms with Gasteiger partial charge in [-0.05, 0) is 65.3 Å². The summed E-state index contributed by atoms with van der Waals surface area (Å²) in [5.41, 5.74) is 2.60. The molecule has 0 heterocycles. The Morgan fingerprint density at radius 3 is 2.50 bits per heavy atom. The Kier molecular flexibility index (Phi) is 6.78. The van der Waals surface area contributed by atoms with Gasteiger partial charge in [-0.25, -0.2) is 0 Å². The highest BCUT2D eigenvalue weighted by atomic mass is 127. The lowest BCUT2D eigenvalue weighted by atomic mass is 9.97. The van der Waals surface area contributed by atoms with Gasteiger partial charge in [0.2, 0.25) is 0 Å². The molecule has 2 rings (SSSR count). The zero-order chi connectivity index (χ0) is 17.5. The minimum atomic E-state index is -0.377. The van der Waals surface area contributed by atoms with Crippen LogP contribution in [0, 0.1) is 10.5 Å². The average Bonchev–Trinajstić information content (AvgIpc) is 2.57. The number of anilines is 1. The standard InChI is InChI=1S/C19H20INO3/c1-3-16(14-7-5-4-6-8-14)19(23)24-12-18(22)21-17-10-9-15(20)11-13(17)2/h4-11,16H,3,12H2,1-2H3,(H,21,22)/t16-/m1/s1. The first-order valence-electron chi connectivity index (χ1n) is 7.79. The Hall–Kier alpha value is -1.89. The minimum Gasteiger partial charge on any atom is -0.455 e. The molecular formula is C19H20INO3. The SMILES string of the molecule is CC[C@@H](C(=O)OCC(=O)Nc1ccc(I)cc1C)c1ccccc1. The molecule has 1 N–H and O–H groups in total. The number of nitrogens with one attached hydrogen (secondary N) is 1. The van der Waals surface area contributed by atoms with Crippen molar-refractivity contribution in [1.82, 2.24) is 0 Å². The van der Waals surface area contributed by atoms with Gasteiger partial charge in [0.15, 0.2) is 6.61 Å². The Labute approximate surface area is 155 Å². The third-order valence-corrected chi connectivity index (χ3v) is 4.37. The number of benzene rings is 2. The van der Waals surface area contributed by atoms with Gasteiger partial charge in [0.1, 0.15) is 0 Å². The normalized spacial score (nSPS) is 11.6. The van der Waals surface area contributed by atoms with Crippen LogP contribution in [-0.2, 0) is 14.3 Å². The van der Waals surface area contributed by atoms with Crippen molar-refractivity contribution in [2.75, 3.05) is 11.9 Å². The lowest BCUT2D eigenvalue weighted by Crippen LogP contribution is -2.24. The van der Waals surface area contributed by atoms with Crippen LogP contribution in [0.3, 0.4) is 0 Å². The number of hydrogen-bond acceptors (Lipinski definition) is 3. The number of esters is 1. The summed E-state index contributed by atoms with van der Waals surface area (Å²) in [7, 11) is 0. The highest BCUT2D eigenvalue weighted by molar-refractivity contribution is 14.1. The first kappa shape index (κ1) is 18.4. The van der Waals surface area contributed by atoms with Gasteiger partial charge in [0, 0.05) is 9.26 Å². The van der Waals surface area contributed by atoms with Gasteiger partial charge in [0.25, 0.3) is 5.91 Å². The molecule has 2 aromatic carbocycles. The zero-order valence-corrected chi connectivity index (χ0v) is 15.9. The van der Waals surface area contributed by atoms with E-state index >= 15 is 0 Å². The fraction of sp³-hybridized carbons (Fsp3) is 0.263. The van der Waals surface area contributed by atoms with Crippen LogP contribution >= 0.6 is 22.6 Å². The molecule has 1 amide bonds. The predicted molar refractivity (Wildman–Crippen MR) is 103 cm³/mol. The molecule has 0 bridgehead atoms. The van der Waals surface area contributed by atoms with Crippen LogP contribution < -0.4 is 5.32 Å². The summed E-state index contributed by atoms with van der Waals surface area (Å²) in [5, 5.41) is 2.77. The highest BCUT2D eigenvalue weighted by Gasteiger charge is 2.21. The zero-order valence-electron chi connectivity index (χ0n) is 13.7. The molecule has 0 aliphatic heterocycles. The van der Waals surface area contributed by atoms with Crippen LogP contribution in [0.15, 0.2) is 48.5 Å². The number of ether oxygens (including phenoxy) is 1. The second-order valence-electron chi connectivity index (χ2n) is 5.49. The summed E-state index contributed by atoms with van der Waals surface area (Å²) in [6.07, 6.45) is 0.626. The van der Waals surface area contributed by atoms with Gasteiger partial charge >= 0.3 is 5.97 Å². The van der Waals surface area contributed by atoms with Gasteiger partial charge < -0.3 is 10.1 Å². The monoisotopic (exact) mass is 437 g/mol. The van der Waals surface area contributed by atoms with E-state index in [1.165, 1.54) is 0 Å². The molecule has 2 aromatic rings. The molecule has 24 heavy (non-hydrogen) atoms. The topological polar surface area (TPSA) is 55.4 Å². The van der Waals surface area contributed by atoms with E-state index in [-0.39, 0.29) is 24.4 Å². The molecule has 1 atom stereocenters. The molecule has 5 heteroatoms. The van der Waals surface area contributed by atoms with Crippen LogP contribution in [-0.4, -0.2) is 18.5 Å². The second kappa shape index (κ2) is 8.82. The van der Waals surface area contributed by atoms with Crippen LogP contribution in [0.2, 0.25) is 0 Å². The number of halogens is 1. The molecule has 126 valence electrons. The van der Waals surface area contributed by atoms with Crippen LogP contribution in [0.5, 0.6) is 0 Å². The van der Waals surface area contributed by atoms with Crippen molar-refractivity contribution in [2.24, 2.45) is 0 Å². The lowest BCUT2D eigenvalue weighted by Gasteiger charge is -2.15. The fourth-order valence-electron chi connectivity index (χ4n) is 2.41. The van der Waals surface area contributed by atoms with Crippen molar-refractivity contribution in [2.45, 2.75) is 26.2 Å². The maximum atomic E-state index is 12.2. The Balaban J connectivity index is 1.92. The van der Waals surface area contributed by atoms with E-state index in [9.17, 15) is 9.59 Å². The van der Waals surface area contributed by atoms with Crippen molar-refractivity contribution in [3.63, 3.8) is 0 Å². The molecule has 0 saturated carbocycles. The number of amides is 1. The quantitative estimate of drug-likeness (QED) is 0.543. The van der Waals surface area contributed by atoms with E-state index < -0.39 is 0 Å². The van der Waals surface area contributed by atoms with E-state index in [0.717, 1.165) is 20.4 Å². The molecule has 4 nitrogen and oxygen atoms in total. The first-order valence-corrected chi connectivity index (χ1v) is 8.86. The van der Waals surface area contributed by atoms with Gasteiger partial charge in [0.05, 0.1) is 5.92 Å². The Morgan fingerprint density at radius 2 is 1.88 bits per heavy atom. The van der Waals surface area contributed by atoms with Crippen molar-refractivity contribution in [3.05, 3.63) is 63.2 Å². The van der Waals surface area contributed by atoms with Crippen molar-refractivity contribution in [3.8, 4) is 0 Å². The van der Waals surface area contributed by atoms with Gasteiger partial charge in [-0.1, -0.05) is 37.3 Å². The first-order chi connectivity index (χ1) is 11.5. The molecule has 0 spiro atoms. The van der Waals surface area contributed by atoms with Crippen molar-refractivity contribution >= 4 is 40.2 Å². The summed E-state index contributed by atoms with van der Waals surface area (Å²) in [6, 6.07) is 15.2. The van der Waals surface area contributed by atoms with E-state index in [2.05, 4.69) is 27.9 Å². The number of carbonyl (C=O) groups excluding carboxylic acids is 2. The smallest absolute Gasteiger partial charge is 0.313 e. The molecule has 0 radical (unpaired) electrons. The van der Waals surface area contributed by atoms with Crippen molar-refractivity contribution in [1.29, 1.82) is 0 Å². The van der Waals surface area contributed by atoms with Crippen LogP contribution in [0.25, 0.3) is 0 Å². The van der Waals surface area contributed by atoms with Gasteiger partial charge in [-0.2, -0.15) is 0 Å². The highest BCUT2D eigenvalue weighted by Crippen LogP contribution is 2.21. The Bertz CT molecular complexity index is 716. The summed E-state index contributed by atoms with van der Waals surface area (Å²) >= 11 is 2.22. The molecule has 0 unspecified atom stereocenters. The molecule has 0 aliphatic carbocycles. The molecule has 0 aliphatic rings. The number of carbonyl (C=O) groups is 2. The number of hydrogen-bond donors (Lipinski definition) is 1. The largest absolute Gasteiger partial charge is 0.455 e. The van der Waals surface area contributed by atoms with Crippen molar-refractivity contribution < 1.29 is 14.3 Å². The Morgan fingerprint density at radius 1 is 1.17 bits per heavy atom. The molecule has 0 fully saturated rings. The van der Waals surface area contributed by atoms with Gasteiger partial charge in [-0.3, -0.25) is 9.59 Å².